The first kappa shape index (κ1) is 24.4. The highest BCUT2D eigenvalue weighted by molar-refractivity contribution is 5.79. The van der Waals surface area contributed by atoms with Crippen LogP contribution in [0, 0.1) is 0 Å². The molecule has 7 nitrogen and oxygen atoms in total. The zero-order valence-electron chi connectivity index (χ0n) is 19.8. The molecular formula is C23H42N6O. The number of anilines is 1. The maximum atomic E-state index is 5.61. The lowest BCUT2D eigenvalue weighted by molar-refractivity contribution is 0.0529. The minimum atomic E-state index is 0.256. The van der Waals surface area contributed by atoms with E-state index in [9.17, 15) is 0 Å². The minimum Gasteiger partial charge on any atom is -0.375 e. The van der Waals surface area contributed by atoms with E-state index in [0.717, 1.165) is 63.1 Å². The summed E-state index contributed by atoms with van der Waals surface area (Å²) in [5.74, 6) is 1.88. The molecule has 1 aliphatic rings. The first-order chi connectivity index (χ1) is 14.4. The molecule has 0 amide bonds. The molecule has 0 spiro atoms. The van der Waals surface area contributed by atoms with Gasteiger partial charge in [-0.1, -0.05) is 6.07 Å². The van der Waals surface area contributed by atoms with E-state index in [0.29, 0.717) is 18.6 Å². The number of pyridine rings is 1. The Morgan fingerprint density at radius 2 is 2.03 bits per heavy atom. The summed E-state index contributed by atoms with van der Waals surface area (Å²) >= 11 is 0. The maximum Gasteiger partial charge on any atom is 0.191 e. The molecule has 1 aromatic heterocycles. The van der Waals surface area contributed by atoms with Crippen molar-refractivity contribution in [2.45, 2.75) is 72.7 Å². The fourth-order valence-electron chi connectivity index (χ4n) is 3.82. The van der Waals surface area contributed by atoms with E-state index in [-0.39, 0.29) is 6.10 Å². The van der Waals surface area contributed by atoms with Crippen molar-refractivity contribution in [2.24, 2.45) is 4.99 Å². The van der Waals surface area contributed by atoms with Gasteiger partial charge in [0.15, 0.2) is 5.96 Å². The van der Waals surface area contributed by atoms with E-state index >= 15 is 0 Å². The van der Waals surface area contributed by atoms with Crippen LogP contribution in [0.15, 0.2) is 23.3 Å². The molecule has 1 atom stereocenters. The Morgan fingerprint density at radius 3 is 2.63 bits per heavy atom. The third kappa shape index (κ3) is 8.11. The molecule has 2 N–H and O–H groups in total. The van der Waals surface area contributed by atoms with Crippen LogP contribution < -0.4 is 15.5 Å². The molecule has 0 aromatic carbocycles. The molecular weight excluding hydrogens is 376 g/mol. The van der Waals surface area contributed by atoms with Crippen molar-refractivity contribution in [1.82, 2.24) is 20.5 Å². The van der Waals surface area contributed by atoms with E-state index in [1.807, 2.05) is 6.20 Å². The quantitative estimate of drug-likeness (QED) is 0.346. The molecule has 0 bridgehead atoms. The van der Waals surface area contributed by atoms with Crippen molar-refractivity contribution >= 4 is 11.8 Å². The van der Waals surface area contributed by atoms with Crippen LogP contribution in [0.25, 0.3) is 0 Å². The minimum absolute atomic E-state index is 0.256. The predicted octanol–water partition coefficient (Wildman–Crippen LogP) is 2.87. The van der Waals surface area contributed by atoms with E-state index in [1.54, 1.807) is 0 Å². The number of hydrogen-bond donors (Lipinski definition) is 2. The Labute approximate surface area is 183 Å². The Kier molecular flexibility index (Phi) is 10.4. The van der Waals surface area contributed by atoms with E-state index < -0.39 is 0 Å². The monoisotopic (exact) mass is 418 g/mol. The Bertz CT molecular complexity index is 623. The van der Waals surface area contributed by atoms with Gasteiger partial charge in [0, 0.05) is 51.0 Å². The highest BCUT2D eigenvalue weighted by Gasteiger charge is 2.17. The summed E-state index contributed by atoms with van der Waals surface area (Å²) in [4.78, 5) is 14.2. The van der Waals surface area contributed by atoms with Crippen LogP contribution in [0.2, 0.25) is 0 Å². The fraction of sp³-hybridized carbons (Fsp3) is 0.739. The lowest BCUT2D eigenvalue weighted by atomic mass is 10.2. The topological polar surface area (TPSA) is 65.0 Å². The van der Waals surface area contributed by atoms with Crippen molar-refractivity contribution in [2.75, 3.05) is 44.2 Å². The van der Waals surface area contributed by atoms with Gasteiger partial charge in [0.2, 0.25) is 0 Å². The third-order valence-electron chi connectivity index (χ3n) is 5.35. The van der Waals surface area contributed by atoms with Crippen molar-refractivity contribution in [3.8, 4) is 0 Å². The molecule has 7 heteroatoms. The molecule has 2 rings (SSSR count). The second kappa shape index (κ2) is 12.7. The summed E-state index contributed by atoms with van der Waals surface area (Å²) in [5, 5.41) is 6.80. The van der Waals surface area contributed by atoms with Crippen molar-refractivity contribution in [3.63, 3.8) is 0 Å². The normalized spacial score (nSPS) is 17.8. The standard InChI is InChI=1S/C23H42N6O/c1-7-24-23(25-11-8-12-29(18(2)3)19(4)5)27-16-21-9-10-22(26-15-21)28-13-14-30-20(6)17-28/h9-10,15,18-20H,7-8,11-14,16-17H2,1-6H3,(H2,24,25,27). The summed E-state index contributed by atoms with van der Waals surface area (Å²) in [6.07, 6.45) is 3.28. The van der Waals surface area contributed by atoms with Gasteiger partial charge in [0.25, 0.3) is 0 Å². The molecule has 1 aliphatic heterocycles. The predicted molar refractivity (Wildman–Crippen MR) is 126 cm³/mol. The lowest BCUT2D eigenvalue weighted by Gasteiger charge is -2.32. The Balaban J connectivity index is 1.83. The average molecular weight is 419 g/mol. The van der Waals surface area contributed by atoms with Gasteiger partial charge < -0.3 is 20.3 Å². The van der Waals surface area contributed by atoms with E-state index in [1.165, 1.54) is 0 Å². The van der Waals surface area contributed by atoms with Crippen LogP contribution in [0.1, 0.15) is 53.5 Å². The summed E-state index contributed by atoms with van der Waals surface area (Å²) < 4.78 is 5.61. The number of hydrogen-bond acceptors (Lipinski definition) is 5. The van der Waals surface area contributed by atoms with Crippen molar-refractivity contribution in [1.29, 1.82) is 0 Å². The molecule has 0 radical (unpaired) electrons. The van der Waals surface area contributed by atoms with Crippen LogP contribution in [0.5, 0.6) is 0 Å². The first-order valence-electron chi connectivity index (χ1n) is 11.5. The van der Waals surface area contributed by atoms with Gasteiger partial charge >= 0.3 is 0 Å². The number of morpholine rings is 1. The summed E-state index contributed by atoms with van der Waals surface area (Å²) in [6.45, 7) is 19.3. The number of rotatable bonds is 10. The van der Waals surface area contributed by atoms with Crippen LogP contribution in [0.3, 0.4) is 0 Å². The highest BCUT2D eigenvalue weighted by Crippen LogP contribution is 2.15. The van der Waals surface area contributed by atoms with Gasteiger partial charge in [-0.15, -0.1) is 0 Å². The SMILES string of the molecule is CCNC(=NCc1ccc(N2CCOC(C)C2)nc1)NCCCN(C(C)C)C(C)C. The summed E-state index contributed by atoms with van der Waals surface area (Å²) in [5.41, 5.74) is 1.11. The van der Waals surface area contributed by atoms with Crippen LogP contribution in [0.4, 0.5) is 5.82 Å². The molecule has 1 aromatic rings. The number of aromatic nitrogens is 1. The summed E-state index contributed by atoms with van der Waals surface area (Å²) in [6, 6.07) is 5.36. The molecule has 1 fully saturated rings. The van der Waals surface area contributed by atoms with E-state index in [4.69, 9.17) is 9.73 Å². The van der Waals surface area contributed by atoms with Crippen molar-refractivity contribution < 1.29 is 4.74 Å². The lowest BCUT2D eigenvalue weighted by Crippen LogP contribution is -2.41. The Morgan fingerprint density at radius 1 is 1.27 bits per heavy atom. The van der Waals surface area contributed by atoms with Gasteiger partial charge in [0.05, 0.1) is 19.3 Å². The van der Waals surface area contributed by atoms with Crippen LogP contribution in [-0.4, -0.2) is 73.4 Å². The number of nitrogens with zero attached hydrogens (tertiary/aromatic N) is 4. The van der Waals surface area contributed by atoms with Gasteiger partial charge in [-0.25, -0.2) is 9.98 Å². The Hall–Kier alpha value is -1.86. The molecule has 0 aliphatic carbocycles. The zero-order valence-corrected chi connectivity index (χ0v) is 19.8. The molecule has 30 heavy (non-hydrogen) atoms. The molecule has 1 unspecified atom stereocenters. The van der Waals surface area contributed by atoms with Gasteiger partial charge in [0.1, 0.15) is 5.82 Å². The van der Waals surface area contributed by atoms with E-state index in [2.05, 4.69) is 79.1 Å². The number of guanidine groups is 1. The van der Waals surface area contributed by atoms with Crippen LogP contribution in [-0.2, 0) is 11.3 Å². The molecule has 2 heterocycles. The average Bonchev–Trinajstić information content (AvgIpc) is 2.71. The smallest absolute Gasteiger partial charge is 0.191 e. The van der Waals surface area contributed by atoms with Gasteiger partial charge in [-0.3, -0.25) is 4.90 Å². The highest BCUT2D eigenvalue weighted by atomic mass is 16.5. The second-order valence-electron chi connectivity index (χ2n) is 8.55. The summed E-state index contributed by atoms with van der Waals surface area (Å²) in [7, 11) is 0. The van der Waals surface area contributed by atoms with Crippen LogP contribution >= 0.6 is 0 Å². The zero-order chi connectivity index (χ0) is 21.9. The third-order valence-corrected chi connectivity index (χ3v) is 5.35. The van der Waals surface area contributed by atoms with Gasteiger partial charge in [-0.2, -0.15) is 0 Å². The number of nitrogens with one attached hydrogen (secondary N) is 2. The molecule has 1 saturated heterocycles. The maximum absolute atomic E-state index is 5.61. The molecule has 170 valence electrons. The largest absolute Gasteiger partial charge is 0.375 e. The number of ether oxygens (including phenoxy) is 1. The number of aliphatic imine (C=N–C) groups is 1. The van der Waals surface area contributed by atoms with Gasteiger partial charge in [-0.05, 0) is 59.6 Å². The fourth-order valence-corrected chi connectivity index (χ4v) is 3.82. The van der Waals surface area contributed by atoms with Crippen molar-refractivity contribution in [3.05, 3.63) is 23.9 Å². The first-order valence-corrected chi connectivity index (χ1v) is 11.5. The second-order valence-corrected chi connectivity index (χ2v) is 8.55. The molecule has 0 saturated carbocycles.